The van der Waals surface area contributed by atoms with Crippen molar-refractivity contribution in [2.24, 2.45) is 0 Å². The Morgan fingerprint density at radius 1 is 1.26 bits per heavy atom. The van der Waals surface area contributed by atoms with E-state index in [0.717, 1.165) is 40.6 Å². The van der Waals surface area contributed by atoms with Gasteiger partial charge in [-0.25, -0.2) is 4.79 Å². The molecule has 4 rings (SSSR count). The Balaban J connectivity index is 1.50. The number of aromatic carboxylic acids is 1. The number of thiophene rings is 1. The second-order valence-electron chi connectivity index (χ2n) is 7.93. The number of carbonyl (C=O) groups excluding carboxylic acids is 1. The lowest BCUT2D eigenvalue weighted by Gasteiger charge is -2.24. The van der Waals surface area contributed by atoms with Crippen LogP contribution in [0.3, 0.4) is 0 Å². The molecule has 2 heterocycles. The summed E-state index contributed by atoms with van der Waals surface area (Å²) in [6, 6.07) is 13.7. The lowest BCUT2D eigenvalue weighted by molar-refractivity contribution is -0.117. The molecule has 0 bridgehead atoms. The Labute approximate surface area is 185 Å². The summed E-state index contributed by atoms with van der Waals surface area (Å²) < 4.78 is 6.35. The quantitative estimate of drug-likeness (QED) is 0.565. The van der Waals surface area contributed by atoms with Crippen LogP contribution in [0.1, 0.15) is 33.6 Å². The van der Waals surface area contributed by atoms with Crippen LogP contribution in [0.5, 0.6) is 5.75 Å². The maximum Gasteiger partial charge on any atom is 0.346 e. The van der Waals surface area contributed by atoms with Gasteiger partial charge in [0.25, 0.3) is 0 Å². The first-order valence-corrected chi connectivity index (χ1v) is 11.2. The van der Waals surface area contributed by atoms with Crippen molar-refractivity contribution in [1.82, 2.24) is 4.90 Å². The molecule has 2 N–H and O–H groups in total. The predicted octanol–water partition coefficient (Wildman–Crippen LogP) is 4.56. The maximum absolute atomic E-state index is 12.8. The van der Waals surface area contributed by atoms with Gasteiger partial charge in [0.15, 0.2) is 0 Å². The number of methoxy groups -OCH3 is 1. The van der Waals surface area contributed by atoms with Crippen LogP contribution >= 0.6 is 11.3 Å². The van der Waals surface area contributed by atoms with Crippen molar-refractivity contribution in [2.75, 3.05) is 25.5 Å². The predicted molar refractivity (Wildman–Crippen MR) is 123 cm³/mol. The number of ether oxygens (including phenoxy) is 1. The molecule has 1 aliphatic heterocycles. The number of fused-ring (bicyclic) bond motifs is 1. The first kappa shape index (κ1) is 21.3. The number of hydrogen-bond acceptors (Lipinski definition) is 5. The molecule has 0 spiro atoms. The molecule has 3 aromatic rings. The van der Waals surface area contributed by atoms with Crippen molar-refractivity contribution >= 4 is 39.0 Å². The highest BCUT2D eigenvalue weighted by atomic mass is 32.1. The number of hydrogen-bond donors (Lipinski definition) is 2. The van der Waals surface area contributed by atoms with Crippen LogP contribution in [0.2, 0.25) is 0 Å². The summed E-state index contributed by atoms with van der Waals surface area (Å²) in [5.74, 6) is -0.345. The fraction of sp³-hybridized carbons (Fsp3) is 0.333. The van der Waals surface area contributed by atoms with E-state index < -0.39 is 5.97 Å². The summed E-state index contributed by atoms with van der Waals surface area (Å²) in [7, 11) is 1.59. The van der Waals surface area contributed by atoms with E-state index in [1.165, 1.54) is 11.3 Å². The van der Waals surface area contributed by atoms with Crippen LogP contribution < -0.4 is 10.1 Å². The van der Waals surface area contributed by atoms with Crippen LogP contribution in [0.15, 0.2) is 42.5 Å². The van der Waals surface area contributed by atoms with Crippen molar-refractivity contribution < 1.29 is 19.4 Å². The molecule has 1 fully saturated rings. The molecule has 7 heteroatoms. The minimum absolute atomic E-state index is 0.0931. The smallest absolute Gasteiger partial charge is 0.346 e. The number of benzene rings is 2. The number of aryl methyl sites for hydroxylation is 1. The van der Waals surface area contributed by atoms with Crippen LogP contribution in [-0.2, 0) is 11.2 Å². The summed E-state index contributed by atoms with van der Waals surface area (Å²) in [5, 5.41) is 13.7. The minimum Gasteiger partial charge on any atom is -0.495 e. The third-order valence-corrected chi connectivity index (χ3v) is 7.01. The number of carboxylic acid groups (broad SMARTS) is 1. The molecular formula is C24H26N2O4S. The van der Waals surface area contributed by atoms with Crippen LogP contribution in [0.4, 0.5) is 5.69 Å². The number of nitrogens with zero attached hydrogens (tertiary/aromatic N) is 1. The zero-order chi connectivity index (χ0) is 22.0. The highest BCUT2D eigenvalue weighted by Crippen LogP contribution is 2.34. The van der Waals surface area contributed by atoms with Crippen molar-refractivity contribution in [3.8, 4) is 5.75 Å². The van der Waals surface area contributed by atoms with Gasteiger partial charge in [0.1, 0.15) is 10.6 Å². The van der Waals surface area contributed by atoms with E-state index in [0.29, 0.717) is 22.7 Å². The number of carboxylic acids is 1. The van der Waals surface area contributed by atoms with Gasteiger partial charge in [-0.2, -0.15) is 0 Å². The van der Waals surface area contributed by atoms with E-state index in [4.69, 9.17) is 4.74 Å². The van der Waals surface area contributed by atoms with Crippen molar-refractivity contribution in [1.29, 1.82) is 0 Å². The molecular weight excluding hydrogens is 412 g/mol. The Kier molecular flexibility index (Phi) is 6.25. The van der Waals surface area contributed by atoms with E-state index in [1.807, 2.05) is 49.4 Å². The van der Waals surface area contributed by atoms with Gasteiger partial charge in [-0.3, -0.25) is 9.69 Å². The number of nitrogens with one attached hydrogen (secondary N) is 1. The lowest BCUT2D eigenvalue weighted by atomic mass is 10.0. The van der Waals surface area contributed by atoms with Crippen molar-refractivity contribution in [3.05, 3.63) is 58.5 Å². The summed E-state index contributed by atoms with van der Waals surface area (Å²) in [6.07, 6.45) is 2.58. The van der Waals surface area contributed by atoms with Gasteiger partial charge in [0.2, 0.25) is 5.91 Å². The molecule has 1 aliphatic rings. The van der Waals surface area contributed by atoms with Crippen molar-refractivity contribution in [3.63, 3.8) is 0 Å². The molecule has 162 valence electrons. The number of likely N-dealkylation sites (tertiary alicyclic amines) is 1. The first-order chi connectivity index (χ1) is 15.0. The number of carbonyl (C=O) groups is 2. The maximum atomic E-state index is 12.8. The van der Waals surface area contributed by atoms with Gasteiger partial charge in [-0.1, -0.05) is 24.3 Å². The topological polar surface area (TPSA) is 78.9 Å². The summed E-state index contributed by atoms with van der Waals surface area (Å²) in [6.45, 7) is 3.07. The monoisotopic (exact) mass is 438 g/mol. The van der Waals surface area contributed by atoms with Crippen LogP contribution in [0.25, 0.3) is 10.1 Å². The van der Waals surface area contributed by atoms with Gasteiger partial charge in [-0.05, 0) is 67.4 Å². The first-order valence-electron chi connectivity index (χ1n) is 10.4. The number of amides is 1. The second-order valence-corrected chi connectivity index (χ2v) is 8.99. The molecule has 0 radical (unpaired) electrons. The Morgan fingerprint density at radius 2 is 2.06 bits per heavy atom. The zero-order valence-electron chi connectivity index (χ0n) is 17.7. The molecule has 1 aromatic heterocycles. The SMILES string of the molecule is COc1ccc(C)cc1NC(=O)CN1CCC[C@@H]1Cc1c(C(=O)O)sc2ccccc12. The number of rotatable bonds is 7. The largest absolute Gasteiger partial charge is 0.495 e. The van der Waals surface area contributed by atoms with E-state index in [9.17, 15) is 14.7 Å². The average Bonchev–Trinajstić information content (AvgIpc) is 3.33. The molecule has 31 heavy (non-hydrogen) atoms. The van der Waals surface area contributed by atoms with Gasteiger partial charge in [-0.15, -0.1) is 11.3 Å². The number of anilines is 1. The molecule has 1 saturated heterocycles. The third-order valence-electron chi connectivity index (χ3n) is 5.81. The third kappa shape index (κ3) is 4.57. The highest BCUT2D eigenvalue weighted by molar-refractivity contribution is 7.21. The highest BCUT2D eigenvalue weighted by Gasteiger charge is 2.29. The summed E-state index contributed by atoms with van der Waals surface area (Å²) in [4.78, 5) is 27.2. The van der Waals surface area contributed by atoms with Crippen LogP contribution in [-0.4, -0.2) is 48.1 Å². The Hall–Kier alpha value is -2.90. The van der Waals surface area contributed by atoms with Gasteiger partial charge >= 0.3 is 5.97 Å². The molecule has 2 aromatic carbocycles. The lowest BCUT2D eigenvalue weighted by Crippen LogP contribution is -2.38. The normalized spacial score (nSPS) is 16.5. The minimum atomic E-state index is -0.884. The molecule has 1 amide bonds. The average molecular weight is 439 g/mol. The molecule has 0 saturated carbocycles. The fourth-order valence-corrected chi connectivity index (χ4v) is 5.41. The standard InChI is InChI=1S/C24H26N2O4S/c1-15-9-10-20(30-2)19(12-15)25-22(27)14-26-11-5-6-16(26)13-18-17-7-3-4-8-21(17)31-23(18)24(28)29/h3-4,7-10,12,16H,5-6,11,13-14H2,1-2H3,(H,25,27)(H,28,29)/t16-/m1/s1. The van der Waals surface area contributed by atoms with E-state index in [-0.39, 0.29) is 18.5 Å². The van der Waals surface area contributed by atoms with Gasteiger partial charge in [0.05, 0.1) is 19.3 Å². The Bertz CT molecular complexity index is 1120. The molecule has 6 nitrogen and oxygen atoms in total. The van der Waals surface area contributed by atoms with E-state index in [1.54, 1.807) is 7.11 Å². The van der Waals surface area contributed by atoms with Gasteiger partial charge in [0, 0.05) is 10.7 Å². The molecule has 0 unspecified atom stereocenters. The zero-order valence-corrected chi connectivity index (χ0v) is 18.5. The summed E-state index contributed by atoms with van der Waals surface area (Å²) in [5.41, 5.74) is 2.59. The Morgan fingerprint density at radius 3 is 2.84 bits per heavy atom. The summed E-state index contributed by atoms with van der Waals surface area (Å²) >= 11 is 1.33. The van der Waals surface area contributed by atoms with Crippen molar-refractivity contribution in [2.45, 2.75) is 32.2 Å². The fourth-order valence-electron chi connectivity index (χ4n) is 4.34. The second kappa shape index (κ2) is 9.08. The van der Waals surface area contributed by atoms with E-state index in [2.05, 4.69) is 10.2 Å². The molecule has 0 aliphatic carbocycles. The molecule has 1 atom stereocenters. The van der Waals surface area contributed by atoms with Gasteiger partial charge < -0.3 is 15.2 Å². The van der Waals surface area contributed by atoms with E-state index >= 15 is 0 Å². The van der Waals surface area contributed by atoms with Crippen LogP contribution in [0, 0.1) is 6.92 Å².